The van der Waals surface area contributed by atoms with Crippen molar-refractivity contribution in [2.45, 2.75) is 37.2 Å². The Hall–Kier alpha value is -1.70. The Morgan fingerprint density at radius 2 is 2.04 bits per heavy atom. The zero-order chi connectivity index (χ0) is 18.0. The molecule has 1 saturated heterocycles. The van der Waals surface area contributed by atoms with Crippen molar-refractivity contribution in [2.24, 2.45) is 7.05 Å². The zero-order valence-corrected chi connectivity index (χ0v) is 15.9. The van der Waals surface area contributed by atoms with E-state index >= 15 is 0 Å². The van der Waals surface area contributed by atoms with Gasteiger partial charge in [-0.2, -0.15) is 9.40 Å². The summed E-state index contributed by atoms with van der Waals surface area (Å²) >= 11 is 0. The Morgan fingerprint density at radius 3 is 2.64 bits per heavy atom. The van der Waals surface area contributed by atoms with Crippen molar-refractivity contribution in [2.75, 3.05) is 19.6 Å². The zero-order valence-electron chi connectivity index (χ0n) is 15.0. The maximum Gasteiger partial charge on any atom is 0.246 e. The minimum atomic E-state index is -3.50. The van der Waals surface area contributed by atoms with E-state index in [-0.39, 0.29) is 17.0 Å². The number of hydrogen-bond donors (Lipinski definition) is 0. The maximum atomic E-state index is 13.0. The van der Waals surface area contributed by atoms with Crippen LogP contribution in [0.2, 0.25) is 0 Å². The van der Waals surface area contributed by atoms with Crippen molar-refractivity contribution in [3.05, 3.63) is 48.3 Å². The van der Waals surface area contributed by atoms with Crippen LogP contribution in [0.25, 0.3) is 0 Å². The Morgan fingerprint density at radius 1 is 1.32 bits per heavy atom. The van der Waals surface area contributed by atoms with Crippen molar-refractivity contribution >= 4 is 10.0 Å². The number of aromatic nitrogens is 2. The fraction of sp³-hybridized carbons (Fsp3) is 0.500. The van der Waals surface area contributed by atoms with Crippen molar-refractivity contribution < 1.29 is 8.42 Å². The largest absolute Gasteiger partial charge is 0.295 e. The quantitative estimate of drug-likeness (QED) is 0.791. The first-order chi connectivity index (χ1) is 11.9. The molecule has 6 nitrogen and oxygen atoms in total. The molecule has 2 heterocycles. The predicted octanol–water partition coefficient (Wildman–Crippen LogP) is 2.27. The normalized spacial score (nSPS) is 20.2. The van der Waals surface area contributed by atoms with E-state index in [4.69, 9.17) is 0 Å². The van der Waals surface area contributed by atoms with Crippen molar-refractivity contribution in [1.29, 1.82) is 0 Å². The molecule has 0 amide bonds. The monoisotopic (exact) mass is 362 g/mol. The van der Waals surface area contributed by atoms with Crippen LogP contribution in [0.1, 0.15) is 31.9 Å². The summed E-state index contributed by atoms with van der Waals surface area (Å²) in [6, 6.07) is 10.6. The number of rotatable bonds is 6. The van der Waals surface area contributed by atoms with Crippen LogP contribution in [-0.2, 0) is 17.1 Å². The molecule has 0 aliphatic carbocycles. The van der Waals surface area contributed by atoms with E-state index in [0.717, 1.165) is 19.5 Å². The predicted molar refractivity (Wildman–Crippen MR) is 97.6 cm³/mol. The molecule has 25 heavy (non-hydrogen) atoms. The van der Waals surface area contributed by atoms with Crippen LogP contribution < -0.4 is 0 Å². The highest BCUT2D eigenvalue weighted by molar-refractivity contribution is 7.89. The van der Waals surface area contributed by atoms with Gasteiger partial charge in [-0.05, 0) is 18.9 Å². The highest BCUT2D eigenvalue weighted by Crippen LogP contribution is 2.29. The first kappa shape index (κ1) is 18.1. The van der Waals surface area contributed by atoms with Crippen LogP contribution in [0.5, 0.6) is 0 Å². The molecule has 0 spiro atoms. The number of likely N-dealkylation sites (tertiary alicyclic amines) is 1. The van der Waals surface area contributed by atoms with Crippen LogP contribution in [0.15, 0.2) is 47.6 Å². The summed E-state index contributed by atoms with van der Waals surface area (Å²) in [6.07, 6.45) is 3.85. The molecule has 1 aromatic carbocycles. The van der Waals surface area contributed by atoms with Gasteiger partial charge in [-0.1, -0.05) is 37.3 Å². The average molecular weight is 362 g/mol. The summed E-state index contributed by atoms with van der Waals surface area (Å²) in [5, 5.41) is 4.01. The van der Waals surface area contributed by atoms with E-state index in [2.05, 4.69) is 29.1 Å². The van der Waals surface area contributed by atoms with Crippen molar-refractivity contribution in [1.82, 2.24) is 19.0 Å². The number of likely N-dealkylation sites (N-methyl/N-ethyl adjacent to an activating group) is 1. The third-order valence-electron chi connectivity index (χ3n) is 5.03. The third-order valence-corrected chi connectivity index (χ3v) is 7.01. The van der Waals surface area contributed by atoms with Crippen molar-refractivity contribution in [3.8, 4) is 0 Å². The third kappa shape index (κ3) is 3.63. The molecule has 136 valence electrons. The number of nitrogens with zero attached hydrogens (tertiary/aromatic N) is 4. The maximum absolute atomic E-state index is 13.0. The Balaban J connectivity index is 1.75. The van der Waals surface area contributed by atoms with Crippen LogP contribution in [0, 0.1) is 0 Å². The molecule has 2 atom stereocenters. The molecule has 7 heteroatoms. The molecular formula is C18H26N4O2S. The van der Waals surface area contributed by atoms with Gasteiger partial charge in [0.05, 0.1) is 6.20 Å². The fourth-order valence-electron chi connectivity index (χ4n) is 3.59. The number of sulfonamides is 1. The van der Waals surface area contributed by atoms with Crippen LogP contribution in [-0.4, -0.2) is 53.1 Å². The van der Waals surface area contributed by atoms with E-state index in [1.165, 1.54) is 16.4 Å². The minimum Gasteiger partial charge on any atom is -0.295 e. The van der Waals surface area contributed by atoms with Gasteiger partial charge in [0, 0.05) is 45.0 Å². The topological polar surface area (TPSA) is 58.4 Å². The number of hydrogen-bond acceptors (Lipinski definition) is 4. The Labute approximate surface area is 150 Å². The Bertz CT molecular complexity index is 803. The van der Waals surface area contributed by atoms with Gasteiger partial charge in [0.2, 0.25) is 10.0 Å². The Kier molecular flexibility index (Phi) is 5.27. The van der Waals surface area contributed by atoms with Gasteiger partial charge >= 0.3 is 0 Å². The van der Waals surface area contributed by atoms with Crippen molar-refractivity contribution in [3.63, 3.8) is 0 Å². The van der Waals surface area contributed by atoms with Gasteiger partial charge in [-0.15, -0.1) is 0 Å². The van der Waals surface area contributed by atoms with Gasteiger partial charge < -0.3 is 0 Å². The van der Waals surface area contributed by atoms with E-state index in [9.17, 15) is 8.42 Å². The first-order valence-corrected chi connectivity index (χ1v) is 10.2. The van der Waals surface area contributed by atoms with E-state index < -0.39 is 10.0 Å². The molecular weight excluding hydrogens is 336 g/mol. The van der Waals surface area contributed by atoms with Gasteiger partial charge in [0.25, 0.3) is 0 Å². The second-order valence-electron chi connectivity index (χ2n) is 6.58. The van der Waals surface area contributed by atoms with E-state index in [1.54, 1.807) is 17.5 Å². The molecule has 1 aromatic heterocycles. The molecule has 0 radical (unpaired) electrons. The average Bonchev–Trinajstić information content (AvgIpc) is 3.25. The summed E-state index contributed by atoms with van der Waals surface area (Å²) in [7, 11) is -1.77. The SMILES string of the molecule is CCN(C1CCN(C(C)c2ccccc2)C1)S(=O)(=O)c1cnn(C)c1. The van der Waals surface area contributed by atoms with Gasteiger partial charge in [-0.25, -0.2) is 8.42 Å². The fourth-order valence-corrected chi connectivity index (χ4v) is 5.23. The summed E-state index contributed by atoms with van der Waals surface area (Å²) in [4.78, 5) is 2.63. The minimum absolute atomic E-state index is 0.00127. The lowest BCUT2D eigenvalue weighted by atomic mass is 10.1. The lowest BCUT2D eigenvalue weighted by Gasteiger charge is -2.28. The molecule has 2 unspecified atom stereocenters. The van der Waals surface area contributed by atoms with Gasteiger partial charge in [0.1, 0.15) is 4.90 Å². The summed E-state index contributed by atoms with van der Waals surface area (Å²) in [5.41, 5.74) is 1.27. The molecule has 0 saturated carbocycles. The van der Waals surface area contributed by atoms with Gasteiger partial charge in [-0.3, -0.25) is 9.58 Å². The lowest BCUT2D eigenvalue weighted by molar-refractivity contribution is 0.239. The summed E-state index contributed by atoms with van der Waals surface area (Å²) in [5.74, 6) is 0. The smallest absolute Gasteiger partial charge is 0.246 e. The number of aryl methyl sites for hydroxylation is 1. The number of benzene rings is 1. The van der Waals surface area contributed by atoms with Crippen LogP contribution in [0.3, 0.4) is 0 Å². The second kappa shape index (κ2) is 7.27. The first-order valence-electron chi connectivity index (χ1n) is 8.73. The van der Waals surface area contributed by atoms with E-state index in [1.807, 2.05) is 25.1 Å². The highest BCUT2D eigenvalue weighted by Gasteiger charge is 2.36. The molecule has 0 N–H and O–H groups in total. The van der Waals surface area contributed by atoms with Crippen LogP contribution in [0.4, 0.5) is 0 Å². The molecule has 1 aliphatic rings. The van der Waals surface area contributed by atoms with Crippen LogP contribution >= 0.6 is 0 Å². The molecule has 1 fully saturated rings. The molecule has 1 aliphatic heterocycles. The molecule has 2 aromatic rings. The van der Waals surface area contributed by atoms with E-state index in [0.29, 0.717) is 6.54 Å². The highest BCUT2D eigenvalue weighted by atomic mass is 32.2. The standard InChI is InChI=1S/C18H26N4O2S/c1-4-22(25(23,24)18-12-19-20(3)14-18)17-10-11-21(13-17)15(2)16-8-6-5-7-9-16/h5-9,12,14-15,17H,4,10-11,13H2,1-3H3. The lowest BCUT2D eigenvalue weighted by Crippen LogP contribution is -2.42. The summed E-state index contributed by atoms with van der Waals surface area (Å²) < 4.78 is 29.1. The summed E-state index contributed by atoms with van der Waals surface area (Å²) in [6.45, 7) is 6.21. The second-order valence-corrected chi connectivity index (χ2v) is 8.47. The molecule has 3 rings (SSSR count). The molecule has 0 bridgehead atoms. The van der Waals surface area contributed by atoms with Gasteiger partial charge in [0.15, 0.2) is 0 Å².